The van der Waals surface area contributed by atoms with Crippen LogP contribution in [-0.4, -0.2) is 12.5 Å². The smallest absolute Gasteiger partial charge is 0.244 e. The fourth-order valence-corrected chi connectivity index (χ4v) is 2.49. The van der Waals surface area contributed by atoms with Crippen molar-refractivity contribution in [1.29, 1.82) is 0 Å². The zero-order valence-electron chi connectivity index (χ0n) is 13.6. The van der Waals surface area contributed by atoms with Crippen LogP contribution in [0, 0.1) is 5.41 Å². The molecule has 1 aromatic carbocycles. The van der Waals surface area contributed by atoms with E-state index in [9.17, 15) is 4.79 Å². The summed E-state index contributed by atoms with van der Waals surface area (Å²) in [5, 5.41) is 3.05. The van der Waals surface area contributed by atoms with Gasteiger partial charge in [0.1, 0.15) is 5.54 Å². The Morgan fingerprint density at radius 1 is 1.10 bits per heavy atom. The highest BCUT2D eigenvalue weighted by Gasteiger charge is 2.32. The van der Waals surface area contributed by atoms with Gasteiger partial charge in [0.25, 0.3) is 0 Å². The summed E-state index contributed by atoms with van der Waals surface area (Å²) >= 11 is 0. The third kappa shape index (κ3) is 4.72. The van der Waals surface area contributed by atoms with Crippen LogP contribution in [-0.2, 0) is 10.3 Å². The van der Waals surface area contributed by atoms with Gasteiger partial charge < -0.3 is 11.1 Å². The fraction of sp³-hybridized carbons (Fsp3) is 0.588. The van der Waals surface area contributed by atoms with Crippen LogP contribution in [0.1, 0.15) is 52.5 Å². The van der Waals surface area contributed by atoms with E-state index in [1.807, 2.05) is 30.3 Å². The number of amides is 1. The lowest BCUT2D eigenvalue weighted by Crippen LogP contribution is -2.51. The SMILES string of the molecule is CCC(CC)(CC)CNC(=O)C(C)(N)c1ccccc1.Cl. The first kappa shape index (κ1) is 19.9. The normalized spacial score (nSPS) is 14.0. The summed E-state index contributed by atoms with van der Waals surface area (Å²) in [4.78, 5) is 12.4. The van der Waals surface area contributed by atoms with Crippen LogP contribution in [0.5, 0.6) is 0 Å². The van der Waals surface area contributed by atoms with Gasteiger partial charge in [-0.15, -0.1) is 12.4 Å². The van der Waals surface area contributed by atoms with Gasteiger partial charge in [-0.2, -0.15) is 0 Å². The van der Waals surface area contributed by atoms with Gasteiger partial charge in [-0.1, -0.05) is 51.1 Å². The lowest BCUT2D eigenvalue weighted by molar-refractivity contribution is -0.126. The zero-order chi connectivity index (χ0) is 15.2. The van der Waals surface area contributed by atoms with Crippen molar-refractivity contribution in [3.8, 4) is 0 Å². The third-order valence-electron chi connectivity index (χ3n) is 4.72. The summed E-state index contributed by atoms with van der Waals surface area (Å²) in [5.41, 5.74) is 6.26. The van der Waals surface area contributed by atoms with Gasteiger partial charge in [-0.25, -0.2) is 0 Å². The maximum Gasteiger partial charge on any atom is 0.244 e. The quantitative estimate of drug-likeness (QED) is 0.808. The van der Waals surface area contributed by atoms with Crippen molar-refractivity contribution in [1.82, 2.24) is 5.32 Å². The summed E-state index contributed by atoms with van der Waals surface area (Å²) in [6.07, 6.45) is 3.19. The van der Waals surface area contributed by atoms with Crippen LogP contribution in [0.2, 0.25) is 0 Å². The van der Waals surface area contributed by atoms with E-state index in [1.165, 1.54) is 0 Å². The Balaban J connectivity index is 0.00000400. The molecule has 0 spiro atoms. The number of hydrogen-bond donors (Lipinski definition) is 2. The van der Waals surface area contributed by atoms with Crippen molar-refractivity contribution in [2.24, 2.45) is 11.1 Å². The largest absolute Gasteiger partial charge is 0.354 e. The number of carbonyl (C=O) groups excluding carboxylic acids is 1. The Morgan fingerprint density at radius 3 is 2.00 bits per heavy atom. The number of benzene rings is 1. The molecule has 21 heavy (non-hydrogen) atoms. The molecule has 1 aromatic rings. The number of nitrogens with one attached hydrogen (secondary N) is 1. The molecule has 1 unspecified atom stereocenters. The van der Waals surface area contributed by atoms with Crippen LogP contribution in [0.15, 0.2) is 30.3 Å². The van der Waals surface area contributed by atoms with Crippen LogP contribution in [0.3, 0.4) is 0 Å². The average molecular weight is 313 g/mol. The van der Waals surface area contributed by atoms with E-state index in [2.05, 4.69) is 26.1 Å². The molecule has 3 nitrogen and oxygen atoms in total. The number of nitrogens with two attached hydrogens (primary N) is 1. The van der Waals surface area contributed by atoms with E-state index >= 15 is 0 Å². The van der Waals surface area contributed by atoms with Crippen molar-refractivity contribution in [2.75, 3.05) is 6.54 Å². The van der Waals surface area contributed by atoms with Crippen LogP contribution >= 0.6 is 12.4 Å². The minimum absolute atomic E-state index is 0. The van der Waals surface area contributed by atoms with E-state index in [1.54, 1.807) is 6.92 Å². The van der Waals surface area contributed by atoms with E-state index in [0.29, 0.717) is 6.54 Å². The number of halogens is 1. The number of carbonyl (C=O) groups is 1. The van der Waals surface area contributed by atoms with Crippen molar-refractivity contribution in [2.45, 2.75) is 52.5 Å². The molecule has 0 aliphatic heterocycles. The molecular formula is C17H29ClN2O. The molecule has 1 amide bonds. The van der Waals surface area contributed by atoms with Gasteiger partial charge in [-0.05, 0) is 37.2 Å². The van der Waals surface area contributed by atoms with Crippen LogP contribution < -0.4 is 11.1 Å². The van der Waals surface area contributed by atoms with E-state index in [-0.39, 0.29) is 23.7 Å². The van der Waals surface area contributed by atoms with Gasteiger partial charge in [0.15, 0.2) is 0 Å². The lowest BCUT2D eigenvalue weighted by atomic mass is 9.79. The Morgan fingerprint density at radius 2 is 1.57 bits per heavy atom. The highest BCUT2D eigenvalue weighted by molar-refractivity contribution is 5.87. The van der Waals surface area contributed by atoms with E-state index in [0.717, 1.165) is 24.8 Å². The van der Waals surface area contributed by atoms with Crippen molar-refractivity contribution in [3.63, 3.8) is 0 Å². The summed E-state index contributed by atoms with van der Waals surface area (Å²) < 4.78 is 0. The molecule has 0 fully saturated rings. The van der Waals surface area contributed by atoms with Crippen molar-refractivity contribution < 1.29 is 4.79 Å². The first-order valence-electron chi connectivity index (χ1n) is 7.54. The molecule has 1 rings (SSSR count). The van der Waals surface area contributed by atoms with Gasteiger partial charge in [0, 0.05) is 6.54 Å². The molecule has 0 saturated heterocycles. The second-order valence-corrected chi connectivity index (χ2v) is 5.81. The molecule has 0 heterocycles. The van der Waals surface area contributed by atoms with E-state index < -0.39 is 5.54 Å². The van der Waals surface area contributed by atoms with Crippen LogP contribution in [0.25, 0.3) is 0 Å². The minimum atomic E-state index is -0.984. The first-order chi connectivity index (χ1) is 9.41. The predicted molar refractivity (Wildman–Crippen MR) is 91.5 cm³/mol. The summed E-state index contributed by atoms with van der Waals surface area (Å²) in [6, 6.07) is 9.52. The standard InChI is InChI=1S/C17H28N2O.ClH/c1-5-17(6-2,7-3)13-19-15(20)16(4,18)14-11-9-8-10-12-14;/h8-12H,5-7,13,18H2,1-4H3,(H,19,20);1H. The van der Waals surface area contributed by atoms with Crippen molar-refractivity contribution >= 4 is 18.3 Å². The number of hydrogen-bond acceptors (Lipinski definition) is 2. The highest BCUT2D eigenvalue weighted by Crippen LogP contribution is 2.29. The van der Waals surface area contributed by atoms with Gasteiger partial charge in [-0.3, -0.25) is 4.79 Å². The first-order valence-corrected chi connectivity index (χ1v) is 7.54. The van der Waals surface area contributed by atoms with Crippen molar-refractivity contribution in [3.05, 3.63) is 35.9 Å². The number of rotatable bonds is 7. The van der Waals surface area contributed by atoms with Gasteiger partial charge >= 0.3 is 0 Å². The molecule has 0 aromatic heterocycles. The summed E-state index contributed by atoms with van der Waals surface area (Å²) in [6.45, 7) is 8.99. The fourth-order valence-electron chi connectivity index (χ4n) is 2.49. The summed E-state index contributed by atoms with van der Waals surface area (Å²) in [7, 11) is 0. The molecule has 1 atom stereocenters. The topological polar surface area (TPSA) is 55.1 Å². The minimum Gasteiger partial charge on any atom is -0.354 e. The van der Waals surface area contributed by atoms with Gasteiger partial charge in [0.2, 0.25) is 5.91 Å². The Bertz CT molecular complexity index is 419. The maximum atomic E-state index is 12.4. The molecule has 4 heteroatoms. The molecule has 0 aliphatic rings. The second-order valence-electron chi connectivity index (χ2n) is 5.81. The summed E-state index contributed by atoms with van der Waals surface area (Å²) in [5.74, 6) is -0.108. The zero-order valence-corrected chi connectivity index (χ0v) is 14.4. The molecular weight excluding hydrogens is 284 g/mol. The van der Waals surface area contributed by atoms with Gasteiger partial charge in [0.05, 0.1) is 0 Å². The van der Waals surface area contributed by atoms with Crippen LogP contribution in [0.4, 0.5) is 0 Å². The monoisotopic (exact) mass is 312 g/mol. The lowest BCUT2D eigenvalue weighted by Gasteiger charge is -2.33. The van der Waals surface area contributed by atoms with E-state index in [4.69, 9.17) is 5.73 Å². The average Bonchev–Trinajstić information content (AvgIpc) is 2.49. The predicted octanol–water partition coefficient (Wildman–Crippen LogP) is 3.61. The molecule has 120 valence electrons. The molecule has 3 N–H and O–H groups in total. The molecule has 0 aliphatic carbocycles. The maximum absolute atomic E-state index is 12.4. The highest BCUT2D eigenvalue weighted by atomic mass is 35.5. The second kappa shape index (κ2) is 8.40. The molecule has 0 bridgehead atoms. The Hall–Kier alpha value is -1.06. The molecule has 0 saturated carbocycles. The Labute approximate surface area is 135 Å². The molecule has 0 radical (unpaired) electrons. The third-order valence-corrected chi connectivity index (χ3v) is 4.72. The Kier molecular flexibility index (Phi) is 7.98.